The molecule has 4 aliphatic rings. The van der Waals surface area contributed by atoms with E-state index in [1.165, 1.54) is 16.2 Å². The number of rotatable bonds is 2. The second-order valence-corrected chi connectivity index (χ2v) is 11.8. The first-order valence-electron chi connectivity index (χ1n) is 11.3. The molecular weight excluding hydrogens is 454 g/mol. The highest BCUT2D eigenvalue weighted by Crippen LogP contribution is 2.68. The van der Waals surface area contributed by atoms with Crippen LogP contribution in [-0.2, 0) is 9.59 Å². The average Bonchev–Trinajstić information content (AvgIpc) is 3.54. The van der Waals surface area contributed by atoms with Crippen LogP contribution in [0.25, 0.3) is 0 Å². The van der Waals surface area contributed by atoms with Gasteiger partial charge in [0.2, 0.25) is 11.8 Å². The number of carbonyl (C=O) groups excluding carboxylic acids is 2. The molecule has 1 aromatic carbocycles. The molecule has 0 radical (unpaired) electrons. The number of imide groups is 1. The number of nitrogens with one attached hydrogen (secondary N) is 1. The molecule has 4 heterocycles. The van der Waals surface area contributed by atoms with Crippen LogP contribution in [-0.4, -0.2) is 27.0 Å². The zero-order valence-corrected chi connectivity index (χ0v) is 19.4. The van der Waals surface area contributed by atoms with Crippen molar-refractivity contribution in [2.24, 2.45) is 29.6 Å². The summed E-state index contributed by atoms with van der Waals surface area (Å²) in [6.45, 7) is 2.00. The minimum absolute atomic E-state index is 0.0242. The molecule has 2 amide bonds. The summed E-state index contributed by atoms with van der Waals surface area (Å²) in [6, 6.07) is 11.6. The van der Waals surface area contributed by atoms with Crippen LogP contribution in [0.2, 0.25) is 0 Å². The summed E-state index contributed by atoms with van der Waals surface area (Å²) in [5.74, 6) is -0.153. The van der Waals surface area contributed by atoms with Gasteiger partial charge in [0.1, 0.15) is 0 Å². The number of nitrogens with zero attached hydrogens (tertiary/aromatic N) is 2. The van der Waals surface area contributed by atoms with Gasteiger partial charge in [-0.3, -0.25) is 24.3 Å². The molecule has 3 fully saturated rings. The fourth-order valence-electron chi connectivity index (χ4n) is 6.90. The number of aromatic nitrogens is 2. The lowest BCUT2D eigenvalue weighted by atomic mass is 9.68. The maximum Gasteiger partial charge on any atom is 0.305 e. The number of thiazole rings is 1. The van der Waals surface area contributed by atoms with E-state index in [0.29, 0.717) is 5.69 Å². The largest absolute Gasteiger partial charge is 0.307 e. The highest BCUT2D eigenvalue weighted by Gasteiger charge is 2.69. The summed E-state index contributed by atoms with van der Waals surface area (Å²) in [5.41, 5.74) is 2.85. The first-order chi connectivity index (χ1) is 16.0. The van der Waals surface area contributed by atoms with Crippen LogP contribution < -0.4 is 9.77 Å². The molecule has 6 nitrogen and oxygen atoms in total. The third kappa shape index (κ3) is 2.62. The van der Waals surface area contributed by atoms with Gasteiger partial charge in [-0.05, 0) is 54.9 Å². The van der Waals surface area contributed by atoms with E-state index in [0.717, 1.165) is 27.5 Å². The molecule has 2 aromatic heterocycles. The van der Waals surface area contributed by atoms with Crippen LogP contribution in [0.15, 0.2) is 58.6 Å². The molecule has 2 aliphatic carbocycles. The Kier molecular flexibility index (Phi) is 4.13. The van der Waals surface area contributed by atoms with E-state index < -0.39 is 0 Å². The van der Waals surface area contributed by atoms with Gasteiger partial charge >= 0.3 is 4.87 Å². The highest BCUT2D eigenvalue weighted by molar-refractivity contribution is 8.00. The molecule has 2 saturated carbocycles. The highest BCUT2D eigenvalue weighted by atomic mass is 32.2. The average molecular weight is 476 g/mol. The van der Waals surface area contributed by atoms with Crippen LogP contribution >= 0.6 is 23.1 Å². The number of pyridine rings is 1. The van der Waals surface area contributed by atoms with Gasteiger partial charge in [-0.15, -0.1) is 11.8 Å². The van der Waals surface area contributed by atoms with Crippen molar-refractivity contribution in [3.8, 4) is 0 Å². The quantitative estimate of drug-likeness (QED) is 0.570. The molecule has 7 atom stereocenters. The van der Waals surface area contributed by atoms with Gasteiger partial charge in [0.15, 0.2) is 0 Å². The molecule has 8 heteroatoms. The van der Waals surface area contributed by atoms with Gasteiger partial charge in [-0.2, -0.15) is 0 Å². The number of amides is 2. The summed E-state index contributed by atoms with van der Waals surface area (Å²) in [4.78, 5) is 49.3. The van der Waals surface area contributed by atoms with Crippen LogP contribution in [0.5, 0.6) is 0 Å². The fourth-order valence-corrected chi connectivity index (χ4v) is 9.79. The number of aryl methyl sites for hydroxylation is 1. The third-order valence-corrected chi connectivity index (χ3v) is 10.6. The van der Waals surface area contributed by atoms with Gasteiger partial charge in [-0.25, -0.2) is 0 Å². The Morgan fingerprint density at radius 1 is 1.03 bits per heavy atom. The Morgan fingerprint density at radius 2 is 1.79 bits per heavy atom. The lowest BCUT2D eigenvalue weighted by Crippen LogP contribution is -2.42. The van der Waals surface area contributed by atoms with Crippen molar-refractivity contribution in [2.45, 2.75) is 29.5 Å². The Morgan fingerprint density at radius 3 is 2.52 bits per heavy atom. The predicted octanol–water partition coefficient (Wildman–Crippen LogP) is 3.82. The summed E-state index contributed by atoms with van der Waals surface area (Å²) in [7, 11) is 0. The SMILES string of the molecule is Cc1ccc(N2C(=O)[C@@H]3[C@H]4C[C@H]([C@H]5Sc6[nH]c(=O)sc6[C@@H](c6cccnc6)[C@H]45)[C@@H]3C2=O)cc1. The molecule has 2 aliphatic heterocycles. The van der Waals surface area contributed by atoms with E-state index in [-0.39, 0.29) is 57.4 Å². The van der Waals surface area contributed by atoms with Crippen molar-refractivity contribution in [1.82, 2.24) is 9.97 Å². The zero-order valence-electron chi connectivity index (χ0n) is 17.8. The molecule has 0 unspecified atom stereocenters. The van der Waals surface area contributed by atoms with E-state index in [2.05, 4.69) is 16.0 Å². The maximum atomic E-state index is 13.7. The number of hydrogen-bond acceptors (Lipinski definition) is 6. The topological polar surface area (TPSA) is 83.1 Å². The summed E-state index contributed by atoms with van der Waals surface area (Å²) in [5, 5.41) is 1.13. The molecule has 2 bridgehead atoms. The van der Waals surface area contributed by atoms with Crippen LogP contribution in [0.4, 0.5) is 5.69 Å². The van der Waals surface area contributed by atoms with Crippen molar-refractivity contribution >= 4 is 40.6 Å². The molecule has 1 saturated heterocycles. The minimum atomic E-state index is -0.276. The van der Waals surface area contributed by atoms with E-state index >= 15 is 0 Å². The lowest BCUT2D eigenvalue weighted by molar-refractivity contribution is -0.123. The Labute approximate surface area is 198 Å². The number of aromatic amines is 1. The molecule has 3 aromatic rings. The first-order valence-corrected chi connectivity index (χ1v) is 13.0. The molecular formula is C25H21N3O3S2. The number of fused-ring (bicyclic) bond motifs is 9. The van der Waals surface area contributed by atoms with Gasteiger partial charge in [0, 0.05) is 28.4 Å². The van der Waals surface area contributed by atoms with Crippen molar-refractivity contribution in [3.05, 3.63) is 74.5 Å². The normalized spacial score (nSPS) is 33.8. The maximum absolute atomic E-state index is 13.7. The molecule has 0 spiro atoms. The van der Waals surface area contributed by atoms with Gasteiger partial charge in [0.05, 0.1) is 22.5 Å². The predicted molar refractivity (Wildman–Crippen MR) is 126 cm³/mol. The van der Waals surface area contributed by atoms with Crippen molar-refractivity contribution in [1.29, 1.82) is 0 Å². The number of anilines is 1. The van der Waals surface area contributed by atoms with Crippen LogP contribution in [0.3, 0.4) is 0 Å². The minimum Gasteiger partial charge on any atom is -0.307 e. The van der Waals surface area contributed by atoms with E-state index in [9.17, 15) is 14.4 Å². The van der Waals surface area contributed by atoms with Crippen molar-refractivity contribution < 1.29 is 9.59 Å². The second kappa shape index (κ2) is 6.90. The van der Waals surface area contributed by atoms with Crippen molar-refractivity contribution in [3.63, 3.8) is 0 Å². The first kappa shape index (κ1) is 19.7. The Hall–Kier alpha value is -2.71. The standard InChI is InChI=1S/C25H21N3O3S2/c1-11-4-6-13(7-5-11)28-23(29)18-14-9-15(19(18)24(28)30)20-17(14)16(12-3-2-8-26-10-12)21-22(32-20)27-25(31)33-21/h2-8,10,14-20H,9H2,1H3,(H,27,31)/t14-,15-,16-,17-,18+,19-,20+/m0/s1. The van der Waals surface area contributed by atoms with Gasteiger partial charge in [0.25, 0.3) is 0 Å². The summed E-state index contributed by atoms with van der Waals surface area (Å²) < 4.78 is 0. The van der Waals surface area contributed by atoms with Gasteiger partial charge in [-0.1, -0.05) is 35.1 Å². The lowest BCUT2D eigenvalue weighted by Gasteiger charge is -2.42. The number of H-pyrrole nitrogens is 1. The molecule has 33 heavy (non-hydrogen) atoms. The van der Waals surface area contributed by atoms with E-state index in [1.54, 1.807) is 18.0 Å². The summed E-state index contributed by atoms with van der Waals surface area (Å²) in [6.07, 6.45) is 4.54. The molecule has 1 N–H and O–H groups in total. The van der Waals surface area contributed by atoms with Crippen LogP contribution in [0, 0.1) is 36.5 Å². The number of thioether (sulfide) groups is 1. The fraction of sp³-hybridized carbons (Fsp3) is 0.360. The zero-order chi connectivity index (χ0) is 22.4. The third-order valence-electron chi connectivity index (χ3n) is 8.06. The number of hydrogen-bond donors (Lipinski definition) is 1. The number of benzene rings is 1. The van der Waals surface area contributed by atoms with E-state index in [1.807, 2.05) is 43.5 Å². The molecule has 166 valence electrons. The second-order valence-electron chi connectivity index (χ2n) is 9.59. The van der Waals surface area contributed by atoms with Crippen LogP contribution in [0.1, 0.15) is 28.3 Å². The monoisotopic (exact) mass is 475 g/mol. The van der Waals surface area contributed by atoms with Crippen molar-refractivity contribution in [2.75, 3.05) is 4.90 Å². The smallest absolute Gasteiger partial charge is 0.305 e. The molecule has 7 rings (SSSR count). The Bertz CT molecular complexity index is 1350. The Balaban J connectivity index is 1.33. The summed E-state index contributed by atoms with van der Waals surface area (Å²) >= 11 is 2.99. The van der Waals surface area contributed by atoms with E-state index in [4.69, 9.17) is 0 Å². The number of carbonyl (C=O) groups is 2. The van der Waals surface area contributed by atoms with Gasteiger partial charge < -0.3 is 4.98 Å².